The highest BCUT2D eigenvalue weighted by atomic mass is 16.6. The van der Waals surface area contributed by atoms with Gasteiger partial charge in [-0.15, -0.1) is 0 Å². The van der Waals surface area contributed by atoms with Crippen LogP contribution in [0.15, 0.2) is 36.5 Å². The van der Waals surface area contributed by atoms with Crippen LogP contribution in [0.25, 0.3) is 0 Å². The second-order valence-corrected chi connectivity index (χ2v) is 9.77. The predicted octanol–water partition coefficient (Wildman–Crippen LogP) is 3.81. The van der Waals surface area contributed by atoms with Crippen LogP contribution in [0.3, 0.4) is 0 Å². The maximum Gasteiger partial charge on any atom is 0.415 e. The van der Waals surface area contributed by atoms with Gasteiger partial charge >= 0.3 is 6.09 Å². The number of rotatable bonds is 7. The molecule has 178 valence electrons. The Kier molecular flexibility index (Phi) is 7.14. The van der Waals surface area contributed by atoms with Crippen LogP contribution in [0.1, 0.15) is 51.8 Å². The molecule has 0 aliphatic carbocycles. The fourth-order valence-corrected chi connectivity index (χ4v) is 4.76. The van der Waals surface area contributed by atoms with E-state index in [1.54, 1.807) is 17.2 Å². The number of nitrogens with zero attached hydrogens (tertiary/aromatic N) is 4. The van der Waals surface area contributed by atoms with Crippen molar-refractivity contribution in [2.45, 2.75) is 65.3 Å². The van der Waals surface area contributed by atoms with Gasteiger partial charge in [0.2, 0.25) is 5.95 Å². The summed E-state index contributed by atoms with van der Waals surface area (Å²) in [6.07, 6.45) is 1.33. The first-order chi connectivity index (χ1) is 15.8. The van der Waals surface area contributed by atoms with Gasteiger partial charge in [0, 0.05) is 37.9 Å². The lowest BCUT2D eigenvalue weighted by Crippen LogP contribution is -2.53. The molecule has 3 heterocycles. The molecule has 0 bridgehead atoms. The van der Waals surface area contributed by atoms with E-state index in [4.69, 9.17) is 4.74 Å². The summed E-state index contributed by atoms with van der Waals surface area (Å²) in [5.41, 5.74) is 2.48. The number of benzene rings is 1. The first-order valence-electron chi connectivity index (χ1n) is 11.9. The summed E-state index contributed by atoms with van der Waals surface area (Å²) in [5.74, 6) is 1.33. The first kappa shape index (κ1) is 23.4. The molecule has 1 amide bonds. The van der Waals surface area contributed by atoms with Crippen LogP contribution in [0.4, 0.5) is 16.6 Å². The fraction of sp³-hybridized carbons (Fsp3) is 0.560. The van der Waals surface area contributed by atoms with Gasteiger partial charge < -0.3 is 15.4 Å². The zero-order chi connectivity index (χ0) is 23.5. The number of piperazine rings is 1. The van der Waals surface area contributed by atoms with Crippen molar-refractivity contribution in [2.24, 2.45) is 5.92 Å². The highest BCUT2D eigenvalue weighted by molar-refractivity contribution is 5.89. The molecule has 0 spiro atoms. The average molecular weight is 453 g/mol. The van der Waals surface area contributed by atoms with Gasteiger partial charge in [0.05, 0.1) is 12.1 Å². The molecule has 4 atom stereocenters. The molecule has 2 N–H and O–H groups in total. The normalized spacial score (nSPS) is 24.7. The van der Waals surface area contributed by atoms with E-state index in [-0.39, 0.29) is 24.1 Å². The Bertz CT molecular complexity index is 940. The Morgan fingerprint density at radius 1 is 1.12 bits per heavy atom. The minimum Gasteiger partial charge on any atom is -0.447 e. The second kappa shape index (κ2) is 10.1. The smallest absolute Gasteiger partial charge is 0.415 e. The van der Waals surface area contributed by atoms with Crippen molar-refractivity contribution in [3.05, 3.63) is 47.7 Å². The van der Waals surface area contributed by atoms with Gasteiger partial charge in [-0.2, -0.15) is 4.98 Å². The Balaban J connectivity index is 1.40. The molecule has 0 radical (unpaired) electrons. The number of anilines is 2. The monoisotopic (exact) mass is 452 g/mol. The lowest BCUT2D eigenvalue weighted by Gasteiger charge is -2.36. The van der Waals surface area contributed by atoms with Gasteiger partial charge in [-0.05, 0) is 43.9 Å². The molecule has 1 aromatic heterocycles. The molecular formula is C25H36N6O2. The Hall–Kier alpha value is -2.71. The maximum absolute atomic E-state index is 12.3. The van der Waals surface area contributed by atoms with E-state index in [1.807, 2.05) is 0 Å². The first-order valence-corrected chi connectivity index (χ1v) is 11.9. The number of carbonyl (C=O) groups is 1. The van der Waals surface area contributed by atoms with Gasteiger partial charge in [0.1, 0.15) is 12.4 Å². The summed E-state index contributed by atoms with van der Waals surface area (Å²) < 4.78 is 5.26. The number of hydrogen-bond acceptors (Lipinski definition) is 7. The van der Waals surface area contributed by atoms with Crippen molar-refractivity contribution in [3.8, 4) is 0 Å². The average Bonchev–Trinajstić information content (AvgIpc) is 3.15. The van der Waals surface area contributed by atoms with Crippen LogP contribution < -0.4 is 15.5 Å². The lowest BCUT2D eigenvalue weighted by molar-refractivity contribution is 0.166. The summed E-state index contributed by atoms with van der Waals surface area (Å²) in [6, 6.07) is 11.5. The van der Waals surface area contributed by atoms with E-state index in [2.05, 4.69) is 84.4 Å². The maximum atomic E-state index is 12.3. The third kappa shape index (κ3) is 5.62. The zero-order valence-electron chi connectivity index (χ0n) is 20.3. The summed E-state index contributed by atoms with van der Waals surface area (Å²) >= 11 is 0. The summed E-state index contributed by atoms with van der Waals surface area (Å²) in [4.78, 5) is 25.4. The van der Waals surface area contributed by atoms with Gasteiger partial charge in [0.15, 0.2) is 0 Å². The van der Waals surface area contributed by atoms with Crippen LogP contribution in [-0.2, 0) is 11.3 Å². The molecule has 2 aromatic rings. The van der Waals surface area contributed by atoms with Crippen molar-refractivity contribution in [1.29, 1.82) is 0 Å². The molecular weight excluding hydrogens is 416 g/mol. The number of hydrogen-bond donors (Lipinski definition) is 2. The minimum atomic E-state index is -0.352. The Morgan fingerprint density at radius 3 is 2.48 bits per heavy atom. The summed E-state index contributed by atoms with van der Waals surface area (Å²) in [5, 5.41) is 6.96. The van der Waals surface area contributed by atoms with Crippen molar-refractivity contribution < 1.29 is 9.53 Å². The van der Waals surface area contributed by atoms with Crippen molar-refractivity contribution in [3.63, 3.8) is 0 Å². The highest BCUT2D eigenvalue weighted by Crippen LogP contribution is 2.27. The minimum absolute atomic E-state index is 0.0214. The van der Waals surface area contributed by atoms with Crippen LogP contribution in [0, 0.1) is 5.92 Å². The van der Waals surface area contributed by atoms with Gasteiger partial charge in [-0.1, -0.05) is 38.1 Å². The summed E-state index contributed by atoms with van der Waals surface area (Å²) in [6.45, 7) is 14.2. The molecule has 2 unspecified atom stereocenters. The lowest BCUT2D eigenvalue weighted by atomic mass is 10.0. The van der Waals surface area contributed by atoms with E-state index in [0.29, 0.717) is 30.5 Å². The van der Waals surface area contributed by atoms with Gasteiger partial charge in [-0.25, -0.2) is 9.78 Å². The van der Waals surface area contributed by atoms with Gasteiger partial charge in [0.25, 0.3) is 0 Å². The topological polar surface area (TPSA) is 82.6 Å². The number of aromatic nitrogens is 2. The zero-order valence-corrected chi connectivity index (χ0v) is 20.3. The Morgan fingerprint density at radius 2 is 1.82 bits per heavy atom. The molecule has 4 rings (SSSR count). The van der Waals surface area contributed by atoms with Crippen LogP contribution >= 0.6 is 0 Å². The molecule has 2 aliphatic heterocycles. The number of carbonyl (C=O) groups excluding carboxylic acids is 1. The molecule has 33 heavy (non-hydrogen) atoms. The molecule has 2 fully saturated rings. The van der Waals surface area contributed by atoms with E-state index < -0.39 is 0 Å². The third-order valence-electron chi connectivity index (χ3n) is 6.43. The van der Waals surface area contributed by atoms with Crippen molar-refractivity contribution in [1.82, 2.24) is 20.2 Å². The van der Waals surface area contributed by atoms with Crippen LogP contribution in [0.2, 0.25) is 0 Å². The van der Waals surface area contributed by atoms with Crippen LogP contribution in [-0.4, -0.2) is 58.8 Å². The standard InChI is InChI=1S/C25H36N6O2/c1-16(2)22-15-33-25(32)31(22)23-10-11-26-24(29-23)28-19(5)21-8-6-20(7-9-21)14-30-12-17(3)27-18(4)13-30/h6-11,16-19,22,27H,12-15H2,1-5H3,(H,26,28,29)/t17?,18?,19-,22+/m0/s1. The number of nitrogens with one attached hydrogen (secondary N) is 2. The van der Waals surface area contributed by atoms with E-state index in [1.165, 1.54) is 5.56 Å². The molecule has 8 nitrogen and oxygen atoms in total. The molecule has 8 heteroatoms. The number of cyclic esters (lactones) is 1. The molecule has 2 aliphatic rings. The van der Waals surface area contributed by atoms with Gasteiger partial charge in [-0.3, -0.25) is 9.80 Å². The SMILES string of the molecule is CC1CN(Cc2ccc([C@H](C)Nc3nccc(N4C(=O)OC[C@@H]4C(C)C)n3)cc2)CC(C)N1. The van der Waals surface area contributed by atoms with Crippen molar-refractivity contribution in [2.75, 3.05) is 29.9 Å². The molecule has 1 aromatic carbocycles. The highest BCUT2D eigenvalue weighted by Gasteiger charge is 2.37. The fourth-order valence-electron chi connectivity index (χ4n) is 4.76. The third-order valence-corrected chi connectivity index (χ3v) is 6.43. The van der Waals surface area contributed by atoms with E-state index >= 15 is 0 Å². The van der Waals surface area contributed by atoms with E-state index in [0.717, 1.165) is 25.2 Å². The quantitative estimate of drug-likeness (QED) is 0.661. The van der Waals surface area contributed by atoms with Crippen LogP contribution in [0.5, 0.6) is 0 Å². The molecule has 2 saturated heterocycles. The van der Waals surface area contributed by atoms with E-state index in [9.17, 15) is 4.79 Å². The summed E-state index contributed by atoms with van der Waals surface area (Å²) in [7, 11) is 0. The number of amides is 1. The molecule has 0 saturated carbocycles. The Labute approximate surface area is 196 Å². The second-order valence-electron chi connectivity index (χ2n) is 9.77. The predicted molar refractivity (Wildman–Crippen MR) is 130 cm³/mol. The number of ether oxygens (including phenoxy) is 1. The largest absolute Gasteiger partial charge is 0.447 e. The van der Waals surface area contributed by atoms with Crippen molar-refractivity contribution >= 4 is 17.9 Å².